The lowest BCUT2D eigenvalue weighted by atomic mass is 9.85. The highest BCUT2D eigenvalue weighted by Gasteiger charge is 2.24. The van der Waals surface area contributed by atoms with E-state index in [0.29, 0.717) is 12.0 Å². The molecule has 1 nitrogen and oxygen atoms in total. The molecule has 2 heteroatoms. The van der Waals surface area contributed by atoms with Gasteiger partial charge < -0.3 is 5.11 Å². The SMILES string of the molecule is CCC(O)C(c1ccccc1)c1ccccc1F. The van der Waals surface area contributed by atoms with E-state index in [-0.39, 0.29) is 11.7 Å². The Labute approximate surface area is 107 Å². The Balaban J connectivity index is 2.47. The predicted octanol–water partition coefficient (Wildman–Crippen LogP) is 3.73. The van der Waals surface area contributed by atoms with Crippen LogP contribution in [0.1, 0.15) is 30.4 Å². The monoisotopic (exact) mass is 244 g/mol. The lowest BCUT2D eigenvalue weighted by molar-refractivity contribution is 0.151. The number of hydrogen-bond donors (Lipinski definition) is 1. The molecule has 2 unspecified atom stereocenters. The van der Waals surface area contributed by atoms with Gasteiger partial charge in [-0.1, -0.05) is 55.5 Å². The Morgan fingerprint density at radius 3 is 2.22 bits per heavy atom. The molecular weight excluding hydrogens is 227 g/mol. The van der Waals surface area contributed by atoms with Gasteiger partial charge in [0.05, 0.1) is 6.10 Å². The van der Waals surface area contributed by atoms with Crippen molar-refractivity contribution >= 4 is 0 Å². The van der Waals surface area contributed by atoms with Gasteiger partial charge >= 0.3 is 0 Å². The van der Waals surface area contributed by atoms with Gasteiger partial charge in [-0.25, -0.2) is 4.39 Å². The van der Waals surface area contributed by atoms with E-state index in [0.717, 1.165) is 5.56 Å². The lowest BCUT2D eigenvalue weighted by Gasteiger charge is -2.23. The fourth-order valence-electron chi connectivity index (χ4n) is 2.23. The molecule has 2 aromatic carbocycles. The number of aliphatic hydroxyl groups is 1. The van der Waals surface area contributed by atoms with E-state index in [2.05, 4.69) is 0 Å². The van der Waals surface area contributed by atoms with Crippen LogP contribution in [0, 0.1) is 5.82 Å². The van der Waals surface area contributed by atoms with Crippen LogP contribution < -0.4 is 0 Å². The second-order valence-corrected chi connectivity index (χ2v) is 4.39. The molecule has 0 aliphatic carbocycles. The Hall–Kier alpha value is -1.67. The summed E-state index contributed by atoms with van der Waals surface area (Å²) in [5, 5.41) is 10.2. The third-order valence-electron chi connectivity index (χ3n) is 3.20. The highest BCUT2D eigenvalue weighted by atomic mass is 19.1. The van der Waals surface area contributed by atoms with Crippen molar-refractivity contribution in [3.05, 3.63) is 71.5 Å². The summed E-state index contributed by atoms with van der Waals surface area (Å²) in [5.74, 6) is -0.573. The van der Waals surface area contributed by atoms with Gasteiger partial charge in [-0.15, -0.1) is 0 Å². The summed E-state index contributed by atoms with van der Waals surface area (Å²) in [6.45, 7) is 1.90. The summed E-state index contributed by atoms with van der Waals surface area (Å²) in [7, 11) is 0. The zero-order valence-electron chi connectivity index (χ0n) is 10.4. The maximum absolute atomic E-state index is 13.9. The van der Waals surface area contributed by atoms with Crippen molar-refractivity contribution in [2.24, 2.45) is 0 Å². The maximum Gasteiger partial charge on any atom is 0.127 e. The Morgan fingerprint density at radius 1 is 1.00 bits per heavy atom. The van der Waals surface area contributed by atoms with Crippen LogP contribution in [0.4, 0.5) is 4.39 Å². The Kier molecular flexibility index (Phi) is 4.11. The van der Waals surface area contributed by atoms with Crippen molar-refractivity contribution in [1.82, 2.24) is 0 Å². The summed E-state index contributed by atoms with van der Waals surface area (Å²) in [6.07, 6.45) is 0.0118. The highest BCUT2D eigenvalue weighted by Crippen LogP contribution is 2.31. The largest absolute Gasteiger partial charge is 0.392 e. The van der Waals surface area contributed by atoms with Crippen molar-refractivity contribution < 1.29 is 9.50 Å². The first kappa shape index (κ1) is 12.8. The quantitative estimate of drug-likeness (QED) is 0.868. The Morgan fingerprint density at radius 2 is 1.61 bits per heavy atom. The van der Waals surface area contributed by atoms with Crippen LogP contribution in [0.15, 0.2) is 54.6 Å². The summed E-state index contributed by atoms with van der Waals surface area (Å²) in [4.78, 5) is 0. The van der Waals surface area contributed by atoms with Crippen molar-refractivity contribution in [2.45, 2.75) is 25.4 Å². The van der Waals surface area contributed by atoms with E-state index in [4.69, 9.17) is 0 Å². The van der Waals surface area contributed by atoms with E-state index in [1.54, 1.807) is 18.2 Å². The standard InChI is InChI=1S/C16H17FO/c1-2-15(18)16(12-8-4-3-5-9-12)13-10-6-7-11-14(13)17/h3-11,15-16,18H,2H2,1H3. The first-order valence-electron chi connectivity index (χ1n) is 6.21. The van der Waals surface area contributed by atoms with Crippen molar-refractivity contribution in [3.63, 3.8) is 0 Å². The lowest BCUT2D eigenvalue weighted by Crippen LogP contribution is -2.19. The van der Waals surface area contributed by atoms with E-state index < -0.39 is 6.10 Å². The molecule has 0 radical (unpaired) electrons. The normalized spacial score (nSPS) is 14.2. The van der Waals surface area contributed by atoms with Gasteiger partial charge in [-0.05, 0) is 23.6 Å². The topological polar surface area (TPSA) is 20.2 Å². The maximum atomic E-state index is 13.9. The molecule has 94 valence electrons. The van der Waals surface area contributed by atoms with Gasteiger partial charge in [0, 0.05) is 5.92 Å². The molecule has 0 bridgehead atoms. The van der Waals surface area contributed by atoms with Crippen LogP contribution in [-0.4, -0.2) is 11.2 Å². The zero-order chi connectivity index (χ0) is 13.0. The third kappa shape index (κ3) is 2.59. The number of hydrogen-bond acceptors (Lipinski definition) is 1. The molecule has 18 heavy (non-hydrogen) atoms. The van der Waals surface area contributed by atoms with Crippen molar-refractivity contribution in [2.75, 3.05) is 0 Å². The molecule has 0 fully saturated rings. The molecule has 0 saturated carbocycles. The van der Waals surface area contributed by atoms with Crippen molar-refractivity contribution in [1.29, 1.82) is 0 Å². The van der Waals surface area contributed by atoms with Crippen LogP contribution in [0.5, 0.6) is 0 Å². The molecular formula is C16H17FO. The van der Waals surface area contributed by atoms with Gasteiger partial charge in [0.2, 0.25) is 0 Å². The molecule has 0 heterocycles. The van der Waals surface area contributed by atoms with Crippen molar-refractivity contribution in [3.8, 4) is 0 Å². The van der Waals surface area contributed by atoms with Gasteiger partial charge in [0.25, 0.3) is 0 Å². The first-order valence-corrected chi connectivity index (χ1v) is 6.21. The summed E-state index contributed by atoms with van der Waals surface area (Å²) in [6, 6.07) is 16.2. The van der Waals surface area contributed by atoms with Crippen LogP contribution in [0.3, 0.4) is 0 Å². The zero-order valence-corrected chi connectivity index (χ0v) is 10.4. The summed E-state index contributed by atoms with van der Waals surface area (Å²) >= 11 is 0. The number of benzene rings is 2. The van der Waals surface area contributed by atoms with Gasteiger partial charge in [-0.3, -0.25) is 0 Å². The van der Waals surface area contributed by atoms with Gasteiger partial charge in [0.15, 0.2) is 0 Å². The number of rotatable bonds is 4. The molecule has 0 aliphatic rings. The molecule has 2 aromatic rings. The van der Waals surface area contributed by atoms with E-state index in [1.807, 2.05) is 37.3 Å². The van der Waals surface area contributed by atoms with Crippen LogP contribution in [-0.2, 0) is 0 Å². The highest BCUT2D eigenvalue weighted by molar-refractivity contribution is 5.34. The minimum absolute atomic E-state index is 0.265. The van der Waals surface area contributed by atoms with Crippen LogP contribution in [0.2, 0.25) is 0 Å². The first-order chi connectivity index (χ1) is 8.74. The molecule has 0 spiro atoms. The predicted molar refractivity (Wildman–Crippen MR) is 71.0 cm³/mol. The second-order valence-electron chi connectivity index (χ2n) is 4.39. The molecule has 0 aliphatic heterocycles. The molecule has 0 aromatic heterocycles. The average Bonchev–Trinajstić information content (AvgIpc) is 2.42. The second kappa shape index (κ2) is 5.78. The molecule has 2 atom stereocenters. The van der Waals surface area contributed by atoms with E-state index in [1.165, 1.54) is 6.07 Å². The minimum atomic E-state index is -0.579. The van der Waals surface area contributed by atoms with Crippen LogP contribution in [0.25, 0.3) is 0 Å². The Bertz CT molecular complexity index is 495. The molecule has 0 amide bonds. The molecule has 0 saturated heterocycles. The average molecular weight is 244 g/mol. The number of aliphatic hydroxyl groups excluding tert-OH is 1. The molecule has 1 N–H and O–H groups in total. The fraction of sp³-hybridized carbons (Fsp3) is 0.250. The summed E-state index contributed by atoms with van der Waals surface area (Å²) in [5.41, 5.74) is 1.50. The fourth-order valence-corrected chi connectivity index (χ4v) is 2.23. The number of halogens is 1. The van der Waals surface area contributed by atoms with E-state index in [9.17, 15) is 9.50 Å². The minimum Gasteiger partial charge on any atom is -0.392 e. The van der Waals surface area contributed by atoms with Crippen LogP contribution >= 0.6 is 0 Å². The summed E-state index contributed by atoms with van der Waals surface area (Å²) < 4.78 is 13.9. The van der Waals surface area contributed by atoms with Gasteiger partial charge in [-0.2, -0.15) is 0 Å². The smallest absolute Gasteiger partial charge is 0.127 e. The van der Waals surface area contributed by atoms with E-state index >= 15 is 0 Å². The molecule has 2 rings (SSSR count). The van der Waals surface area contributed by atoms with Gasteiger partial charge in [0.1, 0.15) is 5.82 Å². The third-order valence-corrected chi connectivity index (χ3v) is 3.20.